The van der Waals surface area contributed by atoms with Crippen LogP contribution in [0.5, 0.6) is 5.75 Å². The lowest BCUT2D eigenvalue weighted by atomic mass is 10.2. The van der Waals surface area contributed by atoms with E-state index >= 15 is 0 Å². The number of esters is 1. The summed E-state index contributed by atoms with van der Waals surface area (Å²) in [5.74, 6) is 0.408. The Bertz CT molecular complexity index is 450. The highest BCUT2D eigenvalue weighted by molar-refractivity contribution is 6.32. The number of ether oxygens (including phenoxy) is 2. The van der Waals surface area contributed by atoms with Crippen LogP contribution in [0.3, 0.4) is 0 Å². The molecule has 5 heteroatoms. The van der Waals surface area contributed by atoms with Crippen molar-refractivity contribution in [2.75, 3.05) is 13.7 Å². The molecule has 0 bridgehead atoms. The molecule has 1 N–H and O–H groups in total. The minimum atomic E-state index is -0.288. The first-order valence-electron chi connectivity index (χ1n) is 5.84. The predicted molar refractivity (Wildman–Crippen MR) is 69.0 cm³/mol. The number of carbonyl (C=O) groups excluding carboxylic acids is 1. The third kappa shape index (κ3) is 2.94. The van der Waals surface area contributed by atoms with E-state index in [1.807, 2.05) is 25.1 Å². The Hall–Kier alpha value is -1.26. The molecule has 2 unspecified atom stereocenters. The van der Waals surface area contributed by atoms with Crippen molar-refractivity contribution in [2.45, 2.75) is 25.5 Å². The van der Waals surface area contributed by atoms with Gasteiger partial charge in [0.1, 0.15) is 17.9 Å². The molecule has 98 valence electrons. The first kappa shape index (κ1) is 13.2. The second kappa shape index (κ2) is 5.59. The molecule has 1 aliphatic rings. The first-order valence-corrected chi connectivity index (χ1v) is 6.22. The number of methoxy groups -OCH3 is 1. The largest absolute Gasteiger partial charge is 0.487 e. The molecule has 2 atom stereocenters. The van der Waals surface area contributed by atoms with Gasteiger partial charge < -0.3 is 14.8 Å². The minimum absolute atomic E-state index is 0.0617. The Morgan fingerprint density at radius 1 is 1.50 bits per heavy atom. The van der Waals surface area contributed by atoms with Crippen LogP contribution in [0.25, 0.3) is 0 Å². The molecule has 0 spiro atoms. The van der Waals surface area contributed by atoms with E-state index in [1.54, 1.807) is 0 Å². The van der Waals surface area contributed by atoms with Crippen molar-refractivity contribution in [3.63, 3.8) is 0 Å². The van der Waals surface area contributed by atoms with Crippen molar-refractivity contribution in [3.05, 3.63) is 28.8 Å². The summed E-state index contributed by atoms with van der Waals surface area (Å²) in [5, 5.41) is 3.65. The maximum absolute atomic E-state index is 11.4. The Balaban J connectivity index is 1.99. The fraction of sp³-hybridized carbons (Fsp3) is 0.462. The van der Waals surface area contributed by atoms with Gasteiger partial charge in [-0.1, -0.05) is 17.7 Å². The summed E-state index contributed by atoms with van der Waals surface area (Å²) in [5.41, 5.74) is 1.09. The van der Waals surface area contributed by atoms with Gasteiger partial charge in [0.25, 0.3) is 0 Å². The van der Waals surface area contributed by atoms with E-state index in [-0.39, 0.29) is 18.1 Å². The summed E-state index contributed by atoms with van der Waals surface area (Å²) < 4.78 is 10.5. The highest BCUT2D eigenvalue weighted by atomic mass is 35.5. The number of hydrogen-bond acceptors (Lipinski definition) is 4. The number of rotatable bonds is 3. The monoisotopic (exact) mass is 269 g/mol. The molecule has 1 saturated heterocycles. The minimum Gasteiger partial charge on any atom is -0.487 e. The van der Waals surface area contributed by atoms with Gasteiger partial charge >= 0.3 is 5.97 Å². The topological polar surface area (TPSA) is 47.6 Å². The van der Waals surface area contributed by atoms with Crippen LogP contribution in [0.4, 0.5) is 0 Å². The van der Waals surface area contributed by atoms with Crippen LogP contribution in [0.1, 0.15) is 12.0 Å². The van der Waals surface area contributed by atoms with Crippen molar-refractivity contribution >= 4 is 17.6 Å². The molecule has 1 aromatic rings. The normalized spacial score (nSPS) is 22.8. The summed E-state index contributed by atoms with van der Waals surface area (Å²) in [6, 6.07) is 5.35. The molecule has 18 heavy (non-hydrogen) atoms. The smallest absolute Gasteiger partial charge is 0.323 e. The van der Waals surface area contributed by atoms with Crippen molar-refractivity contribution < 1.29 is 14.3 Å². The second-order valence-electron chi connectivity index (χ2n) is 4.39. The molecule has 0 aliphatic carbocycles. The van der Waals surface area contributed by atoms with Gasteiger partial charge in [0.2, 0.25) is 0 Å². The average molecular weight is 270 g/mol. The van der Waals surface area contributed by atoms with Crippen molar-refractivity contribution in [1.82, 2.24) is 5.32 Å². The highest BCUT2D eigenvalue weighted by Gasteiger charge is 2.31. The van der Waals surface area contributed by atoms with E-state index in [0.29, 0.717) is 23.7 Å². The molecule has 1 aromatic carbocycles. The van der Waals surface area contributed by atoms with Gasteiger partial charge in [-0.2, -0.15) is 0 Å². The number of aryl methyl sites for hydroxylation is 1. The van der Waals surface area contributed by atoms with E-state index in [9.17, 15) is 4.79 Å². The maximum atomic E-state index is 11.4. The number of nitrogens with one attached hydrogen (secondary N) is 1. The van der Waals surface area contributed by atoms with Crippen LogP contribution >= 0.6 is 11.6 Å². The van der Waals surface area contributed by atoms with Gasteiger partial charge in [-0.15, -0.1) is 0 Å². The quantitative estimate of drug-likeness (QED) is 0.852. The molecule has 1 aliphatic heterocycles. The highest BCUT2D eigenvalue weighted by Crippen LogP contribution is 2.27. The van der Waals surface area contributed by atoms with Gasteiger partial charge in [0.05, 0.1) is 12.1 Å². The molecule has 0 amide bonds. The second-order valence-corrected chi connectivity index (χ2v) is 4.80. The van der Waals surface area contributed by atoms with Crippen LogP contribution in [-0.2, 0) is 9.53 Å². The molecule has 0 saturated carbocycles. The lowest BCUT2D eigenvalue weighted by molar-refractivity contribution is -0.142. The zero-order chi connectivity index (χ0) is 13.1. The van der Waals surface area contributed by atoms with E-state index < -0.39 is 0 Å². The number of benzene rings is 1. The summed E-state index contributed by atoms with van der Waals surface area (Å²) >= 11 is 6.06. The number of carbonyl (C=O) groups is 1. The zero-order valence-corrected chi connectivity index (χ0v) is 11.2. The van der Waals surface area contributed by atoms with Crippen molar-refractivity contribution in [2.24, 2.45) is 0 Å². The SMILES string of the molecule is COC(=O)C1CC(Oc2cc(C)ccc2Cl)CN1. The first-order chi connectivity index (χ1) is 8.60. The zero-order valence-electron chi connectivity index (χ0n) is 10.4. The maximum Gasteiger partial charge on any atom is 0.323 e. The summed E-state index contributed by atoms with van der Waals surface area (Å²) in [4.78, 5) is 11.4. The van der Waals surface area contributed by atoms with Gasteiger partial charge in [-0.3, -0.25) is 4.79 Å². The van der Waals surface area contributed by atoms with Gasteiger partial charge in [-0.05, 0) is 24.6 Å². The molecule has 2 rings (SSSR count). The van der Waals surface area contributed by atoms with Crippen LogP contribution in [-0.4, -0.2) is 31.8 Å². The van der Waals surface area contributed by atoms with E-state index in [1.165, 1.54) is 7.11 Å². The van der Waals surface area contributed by atoms with Crippen LogP contribution in [0.15, 0.2) is 18.2 Å². The molecular weight excluding hydrogens is 254 g/mol. The predicted octanol–water partition coefficient (Wildman–Crippen LogP) is 1.93. The lowest BCUT2D eigenvalue weighted by Gasteiger charge is -2.14. The Kier molecular flexibility index (Phi) is 4.09. The molecular formula is C13H16ClNO3. The molecule has 0 aromatic heterocycles. The fourth-order valence-corrected chi connectivity index (χ4v) is 2.16. The number of halogens is 1. The summed E-state index contributed by atoms with van der Waals surface area (Å²) in [6.45, 7) is 2.59. The standard InChI is InChI=1S/C13H16ClNO3/c1-8-3-4-10(14)12(5-8)18-9-6-11(15-7-9)13(16)17-2/h3-5,9,11,15H,6-7H2,1-2H3. The Labute approximate surface area is 111 Å². The van der Waals surface area contributed by atoms with Crippen molar-refractivity contribution in [1.29, 1.82) is 0 Å². The van der Waals surface area contributed by atoms with Gasteiger partial charge in [-0.25, -0.2) is 0 Å². The number of hydrogen-bond donors (Lipinski definition) is 1. The van der Waals surface area contributed by atoms with Gasteiger partial charge in [0, 0.05) is 13.0 Å². The fourth-order valence-electron chi connectivity index (χ4n) is 2.00. The summed E-state index contributed by atoms with van der Waals surface area (Å²) in [6.07, 6.45) is 0.533. The van der Waals surface area contributed by atoms with Crippen LogP contribution in [0.2, 0.25) is 5.02 Å². The van der Waals surface area contributed by atoms with Gasteiger partial charge in [0.15, 0.2) is 0 Å². The third-order valence-corrected chi connectivity index (χ3v) is 3.27. The van der Waals surface area contributed by atoms with Crippen molar-refractivity contribution in [3.8, 4) is 5.75 Å². The molecule has 4 nitrogen and oxygen atoms in total. The van der Waals surface area contributed by atoms with E-state index in [2.05, 4.69) is 5.32 Å². The average Bonchev–Trinajstić information content (AvgIpc) is 2.81. The Morgan fingerprint density at radius 2 is 2.28 bits per heavy atom. The Morgan fingerprint density at radius 3 is 3.00 bits per heavy atom. The lowest BCUT2D eigenvalue weighted by Crippen LogP contribution is -2.31. The molecule has 1 fully saturated rings. The third-order valence-electron chi connectivity index (χ3n) is 2.96. The molecule has 1 heterocycles. The van der Waals surface area contributed by atoms with Crippen LogP contribution in [0, 0.1) is 6.92 Å². The molecule has 0 radical (unpaired) electrons. The summed E-state index contributed by atoms with van der Waals surface area (Å²) in [7, 11) is 1.38. The van der Waals surface area contributed by atoms with E-state index in [4.69, 9.17) is 21.1 Å². The van der Waals surface area contributed by atoms with Crippen LogP contribution < -0.4 is 10.1 Å². The van der Waals surface area contributed by atoms with E-state index in [0.717, 1.165) is 5.56 Å².